The molecule has 1 fully saturated rings. The molecule has 1 atom stereocenters. The molecular formula is C21H21FN4OS. The first-order chi connectivity index (χ1) is 13.6. The summed E-state index contributed by atoms with van der Waals surface area (Å²) in [7, 11) is 0. The summed E-state index contributed by atoms with van der Waals surface area (Å²) >= 11 is 1.34. The summed E-state index contributed by atoms with van der Waals surface area (Å²) in [5.41, 5.74) is 1.50. The molecule has 7 heteroatoms. The second-order valence-electron chi connectivity index (χ2n) is 6.88. The Bertz CT molecular complexity index is 972. The summed E-state index contributed by atoms with van der Waals surface area (Å²) in [4.78, 5) is 12.4. The van der Waals surface area contributed by atoms with E-state index in [-0.39, 0.29) is 29.6 Å². The van der Waals surface area contributed by atoms with Gasteiger partial charge in [-0.05, 0) is 37.5 Å². The van der Waals surface area contributed by atoms with E-state index in [0.29, 0.717) is 16.5 Å². The van der Waals surface area contributed by atoms with E-state index in [4.69, 9.17) is 0 Å². The molecule has 1 aliphatic carbocycles. The predicted octanol–water partition coefficient (Wildman–Crippen LogP) is 4.39. The maximum atomic E-state index is 14.2. The number of carbonyl (C=O) groups is 1. The minimum Gasteiger partial charge on any atom is -0.349 e. The maximum absolute atomic E-state index is 14.2. The van der Waals surface area contributed by atoms with Crippen molar-refractivity contribution in [2.24, 2.45) is 0 Å². The quantitative estimate of drug-likeness (QED) is 0.602. The van der Waals surface area contributed by atoms with Crippen LogP contribution in [0.2, 0.25) is 0 Å². The van der Waals surface area contributed by atoms with E-state index in [0.717, 1.165) is 18.4 Å². The zero-order valence-corrected chi connectivity index (χ0v) is 16.3. The van der Waals surface area contributed by atoms with Gasteiger partial charge in [0.15, 0.2) is 11.0 Å². The predicted molar refractivity (Wildman–Crippen MR) is 107 cm³/mol. The van der Waals surface area contributed by atoms with Gasteiger partial charge in [-0.15, -0.1) is 10.2 Å². The summed E-state index contributed by atoms with van der Waals surface area (Å²) in [6, 6.07) is 16.6. The number of nitrogens with one attached hydrogen (secondary N) is 1. The number of hydrogen-bond donors (Lipinski definition) is 1. The van der Waals surface area contributed by atoms with E-state index < -0.39 is 0 Å². The standard InChI is InChI=1S/C21H21FN4OS/c1-14(15-7-3-2-4-8-15)23-19(27)13-28-21-25-24-20(26(21)16-11-12-16)17-9-5-6-10-18(17)22/h2-10,14,16H,11-13H2,1H3,(H,23,27)/t14-/m1/s1. The Hall–Kier alpha value is -2.67. The second kappa shape index (κ2) is 8.14. The Morgan fingerprint density at radius 2 is 1.89 bits per heavy atom. The smallest absolute Gasteiger partial charge is 0.230 e. The van der Waals surface area contributed by atoms with Gasteiger partial charge in [-0.3, -0.25) is 9.36 Å². The number of thioether (sulfide) groups is 1. The average molecular weight is 396 g/mol. The molecule has 3 aromatic rings. The molecule has 0 radical (unpaired) electrons. The zero-order chi connectivity index (χ0) is 19.5. The van der Waals surface area contributed by atoms with Crippen LogP contribution >= 0.6 is 11.8 Å². The first-order valence-electron chi connectivity index (χ1n) is 9.30. The van der Waals surface area contributed by atoms with Crippen molar-refractivity contribution in [3.05, 3.63) is 66.0 Å². The average Bonchev–Trinajstić information content (AvgIpc) is 3.47. The van der Waals surface area contributed by atoms with Gasteiger partial charge in [0.25, 0.3) is 0 Å². The van der Waals surface area contributed by atoms with Gasteiger partial charge in [0.2, 0.25) is 5.91 Å². The molecule has 4 rings (SSSR count). The minimum absolute atomic E-state index is 0.0652. The Labute approximate surface area is 167 Å². The van der Waals surface area contributed by atoms with Gasteiger partial charge in [-0.2, -0.15) is 0 Å². The lowest BCUT2D eigenvalue weighted by molar-refractivity contribution is -0.119. The fourth-order valence-electron chi connectivity index (χ4n) is 3.10. The fraction of sp³-hybridized carbons (Fsp3) is 0.286. The third kappa shape index (κ3) is 4.09. The fourth-order valence-corrected chi connectivity index (χ4v) is 3.92. The first kappa shape index (κ1) is 18.7. The largest absolute Gasteiger partial charge is 0.349 e. The van der Waals surface area contributed by atoms with Crippen molar-refractivity contribution in [2.75, 3.05) is 5.75 Å². The number of halogens is 1. The molecule has 1 heterocycles. The van der Waals surface area contributed by atoms with Crippen molar-refractivity contribution in [1.29, 1.82) is 0 Å². The Balaban J connectivity index is 1.45. The van der Waals surface area contributed by atoms with E-state index in [9.17, 15) is 9.18 Å². The molecule has 1 saturated carbocycles. The molecule has 0 bridgehead atoms. The summed E-state index contributed by atoms with van der Waals surface area (Å²) in [6.07, 6.45) is 2.04. The second-order valence-corrected chi connectivity index (χ2v) is 7.82. The molecule has 0 unspecified atom stereocenters. The Morgan fingerprint density at radius 1 is 1.18 bits per heavy atom. The van der Waals surface area contributed by atoms with Crippen molar-refractivity contribution in [2.45, 2.75) is 37.0 Å². The van der Waals surface area contributed by atoms with Crippen LogP contribution in [-0.4, -0.2) is 26.4 Å². The molecular weight excluding hydrogens is 375 g/mol. The minimum atomic E-state index is -0.317. The highest BCUT2D eigenvalue weighted by Crippen LogP contribution is 2.41. The summed E-state index contributed by atoms with van der Waals surface area (Å²) in [5.74, 6) is 0.377. The van der Waals surface area contributed by atoms with Crippen molar-refractivity contribution in [3.8, 4) is 11.4 Å². The molecule has 144 valence electrons. The van der Waals surface area contributed by atoms with Gasteiger partial charge in [0.05, 0.1) is 17.4 Å². The van der Waals surface area contributed by atoms with Crippen LogP contribution in [0.5, 0.6) is 0 Å². The van der Waals surface area contributed by atoms with Crippen LogP contribution in [0.15, 0.2) is 59.8 Å². The van der Waals surface area contributed by atoms with Crippen LogP contribution in [0.3, 0.4) is 0 Å². The van der Waals surface area contributed by atoms with Crippen molar-refractivity contribution in [1.82, 2.24) is 20.1 Å². The third-order valence-electron chi connectivity index (χ3n) is 4.70. The number of benzene rings is 2. The Morgan fingerprint density at radius 3 is 2.61 bits per heavy atom. The van der Waals surface area contributed by atoms with Gasteiger partial charge >= 0.3 is 0 Å². The Kier molecular flexibility index (Phi) is 5.43. The number of amides is 1. The zero-order valence-electron chi connectivity index (χ0n) is 15.5. The van der Waals surface area contributed by atoms with Crippen molar-refractivity contribution in [3.63, 3.8) is 0 Å². The molecule has 5 nitrogen and oxygen atoms in total. The van der Waals surface area contributed by atoms with Gasteiger partial charge in [0.1, 0.15) is 5.82 Å². The van der Waals surface area contributed by atoms with E-state index in [1.165, 1.54) is 17.8 Å². The van der Waals surface area contributed by atoms with Crippen LogP contribution in [0.1, 0.15) is 37.4 Å². The molecule has 28 heavy (non-hydrogen) atoms. The molecule has 1 aromatic heterocycles. The van der Waals surface area contributed by atoms with Gasteiger partial charge in [-0.25, -0.2) is 4.39 Å². The van der Waals surface area contributed by atoms with Crippen LogP contribution in [0.25, 0.3) is 11.4 Å². The number of carbonyl (C=O) groups excluding carboxylic acids is 1. The van der Waals surface area contributed by atoms with Gasteiger partial charge in [0, 0.05) is 6.04 Å². The van der Waals surface area contributed by atoms with Gasteiger partial charge < -0.3 is 5.32 Å². The van der Waals surface area contributed by atoms with Crippen LogP contribution in [0.4, 0.5) is 4.39 Å². The SMILES string of the molecule is C[C@@H](NC(=O)CSc1nnc(-c2ccccc2F)n1C1CC1)c1ccccc1. The highest BCUT2D eigenvalue weighted by Gasteiger charge is 2.31. The van der Waals surface area contributed by atoms with E-state index in [1.54, 1.807) is 18.2 Å². The van der Waals surface area contributed by atoms with E-state index in [2.05, 4.69) is 15.5 Å². The van der Waals surface area contributed by atoms with Crippen LogP contribution < -0.4 is 5.32 Å². The first-order valence-corrected chi connectivity index (χ1v) is 10.3. The summed E-state index contributed by atoms with van der Waals surface area (Å²) in [6.45, 7) is 1.96. The normalized spacial score (nSPS) is 14.6. The van der Waals surface area contributed by atoms with Crippen molar-refractivity contribution < 1.29 is 9.18 Å². The van der Waals surface area contributed by atoms with Gasteiger partial charge in [-0.1, -0.05) is 54.2 Å². The summed E-state index contributed by atoms with van der Waals surface area (Å²) < 4.78 is 16.2. The number of aromatic nitrogens is 3. The number of nitrogens with zero attached hydrogens (tertiary/aromatic N) is 3. The molecule has 2 aromatic carbocycles. The molecule has 1 amide bonds. The lowest BCUT2D eigenvalue weighted by atomic mass is 10.1. The number of rotatable bonds is 7. The lowest BCUT2D eigenvalue weighted by Crippen LogP contribution is -2.28. The van der Waals surface area contributed by atoms with Crippen LogP contribution in [-0.2, 0) is 4.79 Å². The highest BCUT2D eigenvalue weighted by atomic mass is 32.2. The molecule has 0 spiro atoms. The molecule has 0 aliphatic heterocycles. The molecule has 1 aliphatic rings. The molecule has 0 saturated heterocycles. The van der Waals surface area contributed by atoms with E-state index >= 15 is 0 Å². The van der Waals surface area contributed by atoms with Crippen molar-refractivity contribution >= 4 is 17.7 Å². The third-order valence-corrected chi connectivity index (χ3v) is 5.64. The number of hydrogen-bond acceptors (Lipinski definition) is 4. The topological polar surface area (TPSA) is 59.8 Å². The maximum Gasteiger partial charge on any atom is 0.230 e. The highest BCUT2D eigenvalue weighted by molar-refractivity contribution is 7.99. The lowest BCUT2D eigenvalue weighted by Gasteiger charge is -2.14. The summed E-state index contributed by atoms with van der Waals surface area (Å²) in [5, 5.41) is 12.1. The van der Waals surface area contributed by atoms with E-state index in [1.807, 2.05) is 41.8 Å². The van der Waals surface area contributed by atoms with Crippen LogP contribution in [0, 0.1) is 5.82 Å². The molecule has 1 N–H and O–H groups in total. The monoisotopic (exact) mass is 396 g/mol.